The van der Waals surface area contributed by atoms with Crippen LogP contribution in [0.15, 0.2) is 24.5 Å². The number of nitrogens with one attached hydrogen (secondary N) is 1. The molecule has 2 aliphatic rings. The van der Waals surface area contributed by atoms with Crippen LogP contribution in [0.5, 0.6) is 5.75 Å². The molecule has 5 rings (SSSR count). The number of phenolic OH excluding ortho intramolecular Hbond substituents is 1. The van der Waals surface area contributed by atoms with Gasteiger partial charge in [0.15, 0.2) is 11.6 Å². The summed E-state index contributed by atoms with van der Waals surface area (Å²) in [6.45, 7) is 0. The van der Waals surface area contributed by atoms with Gasteiger partial charge in [-0.15, -0.1) is 10.2 Å². The van der Waals surface area contributed by atoms with Gasteiger partial charge in [-0.3, -0.25) is 4.98 Å². The Balaban J connectivity index is 1.38. The minimum Gasteiger partial charge on any atom is -0.507 e. The number of hydrogen-bond donors (Lipinski definition) is 2. The zero-order chi connectivity index (χ0) is 24.0. The number of hydrogen-bond acceptors (Lipinski definition) is 8. The van der Waals surface area contributed by atoms with Crippen molar-refractivity contribution in [3.05, 3.63) is 30.2 Å². The van der Waals surface area contributed by atoms with E-state index in [1.54, 1.807) is 11.9 Å². The monoisotopic (exact) mass is 477 g/mol. The summed E-state index contributed by atoms with van der Waals surface area (Å²) in [6.07, 6.45) is -0.605. The van der Waals surface area contributed by atoms with Crippen molar-refractivity contribution in [2.45, 2.75) is 62.6 Å². The first-order valence-electron chi connectivity index (χ1n) is 11.1. The van der Waals surface area contributed by atoms with Gasteiger partial charge >= 0.3 is 6.18 Å². The molecule has 2 saturated heterocycles. The lowest BCUT2D eigenvalue weighted by Crippen LogP contribution is -2.61. The number of fused-ring (bicyclic) bond motifs is 3. The van der Waals surface area contributed by atoms with Gasteiger partial charge in [-0.2, -0.15) is 13.2 Å². The molecule has 2 bridgehead atoms. The number of piperidine rings is 2. The predicted octanol–water partition coefficient (Wildman–Crippen LogP) is 3.35. The van der Waals surface area contributed by atoms with E-state index in [1.165, 1.54) is 18.3 Å². The smallest absolute Gasteiger partial charge is 0.394 e. The van der Waals surface area contributed by atoms with E-state index >= 15 is 4.39 Å². The highest BCUT2D eigenvalue weighted by Crippen LogP contribution is 2.33. The highest BCUT2D eigenvalue weighted by Gasteiger charge is 2.42. The average molecular weight is 477 g/mol. The fraction of sp³-hybridized carbons (Fsp3) is 0.500. The maximum Gasteiger partial charge on any atom is 0.394 e. The Labute approximate surface area is 192 Å². The summed E-state index contributed by atoms with van der Waals surface area (Å²) < 4.78 is 52.9. The third-order valence-corrected chi connectivity index (χ3v) is 6.54. The average Bonchev–Trinajstić information content (AvgIpc) is 2.80. The summed E-state index contributed by atoms with van der Waals surface area (Å²) in [6, 6.07) is 2.45. The molecule has 2 aromatic heterocycles. The minimum absolute atomic E-state index is 0.108. The van der Waals surface area contributed by atoms with Gasteiger partial charge in [0, 0.05) is 31.4 Å². The molecule has 0 amide bonds. The molecule has 4 atom stereocenters. The van der Waals surface area contributed by atoms with E-state index in [9.17, 15) is 18.3 Å². The molecule has 0 aliphatic carbocycles. The summed E-state index contributed by atoms with van der Waals surface area (Å²) >= 11 is 0. The zero-order valence-electron chi connectivity index (χ0n) is 18.3. The van der Waals surface area contributed by atoms with E-state index in [4.69, 9.17) is 0 Å². The molecule has 34 heavy (non-hydrogen) atoms. The molecular formula is C22H23F4N7O. The van der Waals surface area contributed by atoms with Gasteiger partial charge in [-0.05, 0) is 25.3 Å². The zero-order valence-corrected chi connectivity index (χ0v) is 18.3. The lowest BCUT2D eigenvalue weighted by molar-refractivity contribution is -0.127. The molecule has 8 nitrogen and oxygen atoms in total. The highest BCUT2D eigenvalue weighted by atomic mass is 19.4. The maximum absolute atomic E-state index is 15.0. The molecule has 0 radical (unpaired) electrons. The lowest BCUT2D eigenvalue weighted by Gasteiger charge is -2.45. The van der Waals surface area contributed by atoms with Crippen molar-refractivity contribution >= 4 is 16.9 Å². The molecule has 0 spiro atoms. The van der Waals surface area contributed by atoms with Crippen LogP contribution >= 0.6 is 0 Å². The molecule has 4 heterocycles. The number of rotatable bonds is 4. The number of aromatic hydroxyl groups is 1. The van der Waals surface area contributed by atoms with Gasteiger partial charge in [0.1, 0.15) is 11.9 Å². The van der Waals surface area contributed by atoms with Crippen LogP contribution in [0.4, 0.5) is 23.4 Å². The lowest BCUT2D eigenvalue weighted by atomic mass is 9.82. The van der Waals surface area contributed by atoms with Crippen molar-refractivity contribution in [3.8, 4) is 17.1 Å². The van der Waals surface area contributed by atoms with Crippen molar-refractivity contribution in [1.29, 1.82) is 0 Å². The van der Waals surface area contributed by atoms with Gasteiger partial charge in [0.2, 0.25) is 0 Å². The number of phenols is 1. The van der Waals surface area contributed by atoms with Crippen LogP contribution in [0.3, 0.4) is 0 Å². The van der Waals surface area contributed by atoms with Gasteiger partial charge in [0.25, 0.3) is 0 Å². The summed E-state index contributed by atoms with van der Waals surface area (Å²) in [7, 11) is 1.77. The Kier molecular flexibility index (Phi) is 5.70. The van der Waals surface area contributed by atoms with E-state index in [0.717, 1.165) is 25.5 Å². The van der Waals surface area contributed by atoms with Crippen molar-refractivity contribution in [2.75, 3.05) is 11.9 Å². The summed E-state index contributed by atoms with van der Waals surface area (Å²) in [4.78, 5) is 14.0. The van der Waals surface area contributed by atoms with E-state index < -0.39 is 18.8 Å². The number of aromatic nitrogens is 5. The molecule has 2 aliphatic heterocycles. The highest BCUT2D eigenvalue weighted by molar-refractivity contribution is 5.83. The third kappa shape index (κ3) is 4.46. The Morgan fingerprint density at radius 3 is 2.68 bits per heavy atom. The fourth-order valence-electron chi connectivity index (χ4n) is 4.83. The molecule has 0 saturated carbocycles. The minimum atomic E-state index is -4.41. The Morgan fingerprint density at radius 2 is 1.94 bits per heavy atom. The van der Waals surface area contributed by atoms with E-state index in [2.05, 4.69) is 30.5 Å². The number of benzene rings is 1. The topological polar surface area (TPSA) is 100.0 Å². The van der Waals surface area contributed by atoms with E-state index in [-0.39, 0.29) is 52.0 Å². The predicted molar refractivity (Wildman–Crippen MR) is 116 cm³/mol. The Morgan fingerprint density at radius 1 is 1.12 bits per heavy atom. The summed E-state index contributed by atoms with van der Waals surface area (Å²) in [5, 5.41) is 22.1. The first kappa shape index (κ1) is 22.6. The van der Waals surface area contributed by atoms with Crippen molar-refractivity contribution < 1.29 is 22.7 Å². The van der Waals surface area contributed by atoms with Gasteiger partial charge in [-0.25, -0.2) is 14.4 Å². The number of anilines is 1. The number of nitrogens with zero attached hydrogens (tertiary/aromatic N) is 6. The van der Waals surface area contributed by atoms with Crippen LogP contribution in [-0.4, -0.2) is 67.8 Å². The van der Waals surface area contributed by atoms with Crippen LogP contribution in [0.1, 0.15) is 31.4 Å². The second-order valence-electron chi connectivity index (χ2n) is 8.91. The van der Waals surface area contributed by atoms with E-state index in [0.29, 0.717) is 12.2 Å². The van der Waals surface area contributed by atoms with Crippen molar-refractivity contribution in [2.24, 2.45) is 0 Å². The maximum atomic E-state index is 15.0. The summed E-state index contributed by atoms with van der Waals surface area (Å²) in [5.74, 6) is 0.258. The molecule has 2 N–H and O–H groups in total. The van der Waals surface area contributed by atoms with Crippen LogP contribution in [0.2, 0.25) is 0 Å². The third-order valence-electron chi connectivity index (χ3n) is 6.54. The van der Waals surface area contributed by atoms with Gasteiger partial charge in [-0.1, -0.05) is 6.42 Å². The number of halogens is 4. The van der Waals surface area contributed by atoms with Crippen molar-refractivity contribution in [1.82, 2.24) is 30.5 Å². The SMILES string of the molecule is CN(c1cnc(-c2cc3ncc(CC(F)(F)F)nc3cc2O)nn1)[C@@H]1CC2CCCC(N2)[C@@H]1F. The molecule has 2 fully saturated rings. The molecule has 180 valence electrons. The quantitative estimate of drug-likeness (QED) is 0.552. The normalized spacial score (nSPS) is 24.9. The second kappa shape index (κ2) is 8.57. The van der Waals surface area contributed by atoms with Crippen LogP contribution in [0, 0.1) is 0 Å². The molecular weight excluding hydrogens is 454 g/mol. The number of alkyl halides is 4. The fourth-order valence-corrected chi connectivity index (χ4v) is 4.83. The molecule has 1 aromatic carbocycles. The molecule has 3 aromatic rings. The summed E-state index contributed by atoms with van der Waals surface area (Å²) in [5.41, 5.74) is 0.375. The molecule has 12 heteroatoms. The van der Waals surface area contributed by atoms with Crippen LogP contribution in [-0.2, 0) is 6.42 Å². The van der Waals surface area contributed by atoms with Gasteiger partial charge in [0.05, 0.1) is 41.0 Å². The Hall–Kier alpha value is -3.15. The first-order chi connectivity index (χ1) is 16.2. The van der Waals surface area contributed by atoms with Crippen molar-refractivity contribution in [3.63, 3.8) is 0 Å². The van der Waals surface area contributed by atoms with E-state index in [1.807, 2.05) is 0 Å². The molecule has 2 unspecified atom stereocenters. The first-order valence-corrected chi connectivity index (χ1v) is 11.1. The van der Waals surface area contributed by atoms with Crippen LogP contribution < -0.4 is 10.2 Å². The van der Waals surface area contributed by atoms with Crippen LogP contribution in [0.25, 0.3) is 22.4 Å². The second-order valence-corrected chi connectivity index (χ2v) is 8.91. The standard InChI is InChI=1S/C22H23F4N7O/c1-33(17-5-11-3-2-4-14(29-11)20(17)23)19-10-28-21(32-31-19)13-6-15-16(7-18(13)34)30-12(9-27-15)8-22(24,25)26/h6-7,9-11,14,17,20,29,34H,2-5,8H2,1H3/t11?,14?,17-,20+/m1/s1. The largest absolute Gasteiger partial charge is 0.507 e. The Bertz CT molecular complexity index is 1190. The van der Waals surface area contributed by atoms with Gasteiger partial charge < -0.3 is 15.3 Å².